The van der Waals surface area contributed by atoms with Gasteiger partial charge in [0.1, 0.15) is 0 Å². The second kappa shape index (κ2) is 6.68. The average molecular weight is 257 g/mol. The van der Waals surface area contributed by atoms with E-state index in [1.54, 1.807) is 6.20 Å². The molecule has 0 aromatic carbocycles. The van der Waals surface area contributed by atoms with E-state index in [0.29, 0.717) is 13.1 Å². The summed E-state index contributed by atoms with van der Waals surface area (Å²) in [5.41, 5.74) is 1.05. The summed E-state index contributed by atoms with van der Waals surface area (Å²) in [6, 6.07) is 5.85. The van der Waals surface area contributed by atoms with Crippen LogP contribution in [0.25, 0.3) is 0 Å². The Balaban J connectivity index is 2.20. The Morgan fingerprint density at radius 3 is 2.71 bits per heavy atom. The van der Waals surface area contributed by atoms with Crippen LogP contribution >= 0.6 is 0 Å². The van der Waals surface area contributed by atoms with Crippen molar-refractivity contribution < 1.29 is 8.42 Å². The highest BCUT2D eigenvalue weighted by Gasteiger charge is 2.03. The van der Waals surface area contributed by atoms with Crippen molar-refractivity contribution in [3.63, 3.8) is 0 Å². The zero-order valence-corrected chi connectivity index (χ0v) is 11.1. The van der Waals surface area contributed by atoms with Gasteiger partial charge in [-0.25, -0.2) is 13.1 Å². The normalized spacial score (nSPS) is 11.9. The molecule has 0 spiro atoms. The van der Waals surface area contributed by atoms with E-state index in [-0.39, 0.29) is 0 Å². The van der Waals surface area contributed by atoms with Gasteiger partial charge < -0.3 is 4.90 Å². The van der Waals surface area contributed by atoms with Gasteiger partial charge in [-0.15, -0.1) is 0 Å². The van der Waals surface area contributed by atoms with Crippen molar-refractivity contribution in [2.75, 3.05) is 32.9 Å². The largest absolute Gasteiger partial charge is 0.305 e. The van der Waals surface area contributed by atoms with E-state index in [4.69, 9.17) is 0 Å². The molecule has 17 heavy (non-hydrogen) atoms. The van der Waals surface area contributed by atoms with E-state index in [1.807, 2.05) is 25.2 Å². The van der Waals surface area contributed by atoms with Crippen molar-refractivity contribution in [1.29, 1.82) is 0 Å². The quantitative estimate of drug-likeness (QED) is 0.753. The van der Waals surface area contributed by atoms with Crippen LogP contribution in [0, 0.1) is 0 Å². The molecule has 0 aliphatic heterocycles. The minimum Gasteiger partial charge on any atom is -0.305 e. The Labute approximate surface area is 103 Å². The van der Waals surface area contributed by atoms with E-state index in [0.717, 1.165) is 18.7 Å². The van der Waals surface area contributed by atoms with Crippen LogP contribution in [-0.2, 0) is 16.4 Å². The van der Waals surface area contributed by atoms with E-state index in [9.17, 15) is 8.42 Å². The highest BCUT2D eigenvalue weighted by molar-refractivity contribution is 7.88. The molecular weight excluding hydrogens is 238 g/mol. The number of hydrogen-bond acceptors (Lipinski definition) is 4. The first-order chi connectivity index (χ1) is 7.97. The smallest absolute Gasteiger partial charge is 0.208 e. The predicted molar refractivity (Wildman–Crippen MR) is 68.3 cm³/mol. The lowest BCUT2D eigenvalue weighted by Crippen LogP contribution is -2.33. The summed E-state index contributed by atoms with van der Waals surface area (Å²) in [4.78, 5) is 6.31. The van der Waals surface area contributed by atoms with Crippen LogP contribution in [0.1, 0.15) is 5.69 Å². The van der Waals surface area contributed by atoms with Gasteiger partial charge in [0.15, 0.2) is 0 Å². The maximum absolute atomic E-state index is 10.9. The summed E-state index contributed by atoms with van der Waals surface area (Å²) in [5.74, 6) is 0. The topological polar surface area (TPSA) is 62.3 Å². The molecule has 0 fully saturated rings. The lowest BCUT2D eigenvalue weighted by atomic mass is 10.2. The van der Waals surface area contributed by atoms with Crippen LogP contribution in [0.15, 0.2) is 24.4 Å². The molecule has 0 amide bonds. The van der Waals surface area contributed by atoms with Crippen LogP contribution in [0.4, 0.5) is 0 Å². The fraction of sp³-hybridized carbons (Fsp3) is 0.545. The van der Waals surface area contributed by atoms with E-state index >= 15 is 0 Å². The number of sulfonamides is 1. The summed E-state index contributed by atoms with van der Waals surface area (Å²) < 4.78 is 24.2. The third-order valence-electron chi connectivity index (χ3n) is 2.33. The van der Waals surface area contributed by atoms with Crippen molar-refractivity contribution in [2.24, 2.45) is 0 Å². The zero-order valence-electron chi connectivity index (χ0n) is 10.3. The minimum atomic E-state index is -3.08. The van der Waals surface area contributed by atoms with Gasteiger partial charge in [0.05, 0.1) is 6.26 Å². The molecule has 0 radical (unpaired) electrons. The third-order valence-corrected chi connectivity index (χ3v) is 3.06. The fourth-order valence-corrected chi connectivity index (χ4v) is 1.85. The van der Waals surface area contributed by atoms with Crippen molar-refractivity contribution in [3.8, 4) is 0 Å². The average Bonchev–Trinajstić information content (AvgIpc) is 2.26. The monoisotopic (exact) mass is 257 g/mol. The maximum Gasteiger partial charge on any atom is 0.208 e. The molecular formula is C11H19N3O2S. The SMILES string of the molecule is CN(CCNS(C)(=O)=O)CCc1ccccn1. The molecule has 1 aromatic heterocycles. The predicted octanol–water partition coefficient (Wildman–Crippen LogP) is 0.105. The lowest BCUT2D eigenvalue weighted by Gasteiger charge is -2.16. The van der Waals surface area contributed by atoms with Crippen LogP contribution in [-0.4, -0.2) is 51.2 Å². The molecule has 0 atom stereocenters. The number of aromatic nitrogens is 1. The van der Waals surface area contributed by atoms with E-state index in [2.05, 4.69) is 14.6 Å². The molecule has 0 saturated carbocycles. The second-order valence-corrected chi connectivity index (χ2v) is 5.87. The summed E-state index contributed by atoms with van der Waals surface area (Å²) in [6.07, 6.45) is 3.82. The number of rotatable bonds is 7. The highest BCUT2D eigenvalue weighted by atomic mass is 32.2. The van der Waals surface area contributed by atoms with Gasteiger partial charge in [-0.2, -0.15) is 0 Å². The minimum absolute atomic E-state index is 0.442. The Morgan fingerprint density at radius 2 is 2.12 bits per heavy atom. The van der Waals surface area contributed by atoms with Gasteiger partial charge in [0.25, 0.3) is 0 Å². The Bertz CT molecular complexity index is 420. The lowest BCUT2D eigenvalue weighted by molar-refractivity contribution is 0.342. The van der Waals surface area contributed by atoms with E-state index < -0.39 is 10.0 Å². The second-order valence-electron chi connectivity index (χ2n) is 4.04. The number of likely N-dealkylation sites (N-methyl/N-ethyl adjacent to an activating group) is 1. The van der Waals surface area contributed by atoms with Gasteiger partial charge >= 0.3 is 0 Å². The molecule has 0 aliphatic carbocycles. The molecule has 1 rings (SSSR count). The van der Waals surface area contributed by atoms with E-state index in [1.165, 1.54) is 6.26 Å². The van der Waals surface area contributed by atoms with Crippen molar-refractivity contribution >= 4 is 10.0 Å². The number of hydrogen-bond donors (Lipinski definition) is 1. The molecule has 1 aromatic rings. The number of pyridine rings is 1. The molecule has 5 nitrogen and oxygen atoms in total. The van der Waals surface area contributed by atoms with Crippen LogP contribution in [0.5, 0.6) is 0 Å². The van der Waals surface area contributed by atoms with Crippen molar-refractivity contribution in [1.82, 2.24) is 14.6 Å². The Morgan fingerprint density at radius 1 is 1.35 bits per heavy atom. The Hall–Kier alpha value is -0.980. The van der Waals surface area contributed by atoms with Gasteiger partial charge in [0, 0.05) is 37.9 Å². The van der Waals surface area contributed by atoms with Gasteiger partial charge in [-0.3, -0.25) is 4.98 Å². The zero-order chi connectivity index (χ0) is 12.7. The molecule has 6 heteroatoms. The van der Waals surface area contributed by atoms with Gasteiger partial charge in [-0.05, 0) is 19.2 Å². The van der Waals surface area contributed by atoms with Crippen LogP contribution in [0.3, 0.4) is 0 Å². The van der Waals surface area contributed by atoms with Crippen molar-refractivity contribution in [3.05, 3.63) is 30.1 Å². The van der Waals surface area contributed by atoms with Crippen LogP contribution in [0.2, 0.25) is 0 Å². The maximum atomic E-state index is 10.9. The Kier molecular flexibility index (Phi) is 5.54. The molecule has 1 heterocycles. The van der Waals surface area contributed by atoms with Gasteiger partial charge in [0.2, 0.25) is 10.0 Å². The summed E-state index contributed by atoms with van der Waals surface area (Å²) in [7, 11) is -1.11. The molecule has 0 unspecified atom stereocenters. The summed E-state index contributed by atoms with van der Waals surface area (Å²) in [6.45, 7) is 2.00. The third kappa shape index (κ3) is 7.04. The highest BCUT2D eigenvalue weighted by Crippen LogP contribution is 1.95. The first-order valence-electron chi connectivity index (χ1n) is 5.50. The van der Waals surface area contributed by atoms with Crippen LogP contribution < -0.4 is 4.72 Å². The first-order valence-corrected chi connectivity index (χ1v) is 7.39. The molecule has 1 N–H and O–H groups in total. The number of nitrogens with zero attached hydrogens (tertiary/aromatic N) is 2. The molecule has 96 valence electrons. The number of nitrogens with one attached hydrogen (secondary N) is 1. The van der Waals surface area contributed by atoms with Gasteiger partial charge in [-0.1, -0.05) is 6.07 Å². The van der Waals surface area contributed by atoms with Crippen molar-refractivity contribution in [2.45, 2.75) is 6.42 Å². The molecule has 0 saturated heterocycles. The fourth-order valence-electron chi connectivity index (χ4n) is 1.39. The first kappa shape index (κ1) is 14.1. The summed E-state index contributed by atoms with van der Waals surface area (Å²) in [5, 5.41) is 0. The molecule has 0 aliphatic rings. The molecule has 0 bridgehead atoms. The summed E-state index contributed by atoms with van der Waals surface area (Å²) >= 11 is 0. The standard InChI is InChI=1S/C11H19N3O2S/c1-14(10-8-13-17(2,15)16)9-6-11-5-3-4-7-12-11/h3-5,7,13H,6,8-10H2,1-2H3.